The van der Waals surface area contributed by atoms with Gasteiger partial charge in [-0.05, 0) is 26.1 Å². The van der Waals surface area contributed by atoms with E-state index < -0.39 is 0 Å². The number of nitrogens with zero attached hydrogens (tertiary/aromatic N) is 2. The molecule has 2 rings (SSSR count). The first-order chi connectivity index (χ1) is 7.77. The molecule has 1 aliphatic heterocycles. The predicted molar refractivity (Wildman–Crippen MR) is 67.9 cm³/mol. The summed E-state index contributed by atoms with van der Waals surface area (Å²) in [4.78, 5) is 6.74. The molecule has 0 fully saturated rings. The Morgan fingerprint density at radius 2 is 2.12 bits per heavy atom. The van der Waals surface area contributed by atoms with Crippen LogP contribution in [0.1, 0.15) is 17.5 Å². The summed E-state index contributed by atoms with van der Waals surface area (Å²) < 4.78 is 0. The summed E-state index contributed by atoms with van der Waals surface area (Å²) in [6, 6.07) is 8.49. The number of amidine groups is 1. The van der Waals surface area contributed by atoms with E-state index in [-0.39, 0.29) is 0 Å². The van der Waals surface area contributed by atoms with Gasteiger partial charge in [-0.3, -0.25) is 4.99 Å². The van der Waals surface area contributed by atoms with Crippen molar-refractivity contribution in [2.75, 3.05) is 27.2 Å². The standard InChI is InChI=1S/C13H19N3/c1-16(2)10-11-6-3-4-7-12(11)13-14-8-5-9-15-13/h3-4,6-7H,5,8-10H2,1-2H3,(H,14,15). The number of rotatable bonds is 3. The summed E-state index contributed by atoms with van der Waals surface area (Å²) in [5, 5.41) is 3.38. The lowest BCUT2D eigenvalue weighted by Gasteiger charge is -2.19. The van der Waals surface area contributed by atoms with Crippen molar-refractivity contribution in [1.29, 1.82) is 0 Å². The molecule has 1 N–H and O–H groups in total. The molecule has 0 saturated heterocycles. The van der Waals surface area contributed by atoms with Crippen molar-refractivity contribution in [3.05, 3.63) is 35.4 Å². The minimum atomic E-state index is 0.943. The molecule has 0 aromatic heterocycles. The zero-order valence-electron chi connectivity index (χ0n) is 10.0. The van der Waals surface area contributed by atoms with Crippen LogP contribution in [0.3, 0.4) is 0 Å². The topological polar surface area (TPSA) is 27.6 Å². The average molecular weight is 217 g/mol. The molecule has 0 amide bonds. The van der Waals surface area contributed by atoms with Crippen LogP contribution in [0.15, 0.2) is 29.3 Å². The van der Waals surface area contributed by atoms with E-state index in [1.54, 1.807) is 0 Å². The maximum atomic E-state index is 4.55. The molecule has 3 heteroatoms. The SMILES string of the molecule is CN(C)Cc1ccccc1C1=NCCCN1. The normalized spacial score (nSPS) is 15.8. The van der Waals surface area contributed by atoms with E-state index in [1.165, 1.54) is 11.1 Å². The zero-order chi connectivity index (χ0) is 11.4. The largest absolute Gasteiger partial charge is 0.370 e. The third-order valence-electron chi connectivity index (χ3n) is 2.66. The van der Waals surface area contributed by atoms with E-state index in [1.807, 2.05) is 0 Å². The third kappa shape index (κ3) is 2.61. The van der Waals surface area contributed by atoms with E-state index in [0.29, 0.717) is 0 Å². The number of nitrogens with one attached hydrogen (secondary N) is 1. The molecule has 1 aromatic carbocycles. The van der Waals surface area contributed by atoms with Gasteiger partial charge in [-0.25, -0.2) is 0 Å². The molecule has 16 heavy (non-hydrogen) atoms. The van der Waals surface area contributed by atoms with Crippen molar-refractivity contribution in [3.63, 3.8) is 0 Å². The second-order valence-corrected chi connectivity index (χ2v) is 4.41. The van der Waals surface area contributed by atoms with Crippen LogP contribution >= 0.6 is 0 Å². The molecule has 0 bridgehead atoms. The lowest BCUT2D eigenvalue weighted by atomic mass is 10.1. The van der Waals surface area contributed by atoms with Gasteiger partial charge < -0.3 is 10.2 Å². The fourth-order valence-electron chi connectivity index (χ4n) is 1.94. The maximum Gasteiger partial charge on any atom is 0.128 e. The van der Waals surface area contributed by atoms with Gasteiger partial charge in [0.05, 0.1) is 0 Å². The molecule has 1 aliphatic rings. The highest BCUT2D eigenvalue weighted by molar-refractivity contribution is 6.00. The van der Waals surface area contributed by atoms with Crippen molar-refractivity contribution in [2.45, 2.75) is 13.0 Å². The predicted octanol–water partition coefficient (Wildman–Crippen LogP) is 1.49. The van der Waals surface area contributed by atoms with Gasteiger partial charge in [-0.1, -0.05) is 24.3 Å². The lowest BCUT2D eigenvalue weighted by Crippen LogP contribution is -2.31. The van der Waals surface area contributed by atoms with Crippen LogP contribution in [0.5, 0.6) is 0 Å². The highest BCUT2D eigenvalue weighted by Gasteiger charge is 2.11. The van der Waals surface area contributed by atoms with Gasteiger partial charge in [0.2, 0.25) is 0 Å². The van der Waals surface area contributed by atoms with Crippen LogP contribution in [0, 0.1) is 0 Å². The Morgan fingerprint density at radius 3 is 2.81 bits per heavy atom. The maximum absolute atomic E-state index is 4.55. The first kappa shape index (κ1) is 11.1. The minimum Gasteiger partial charge on any atom is -0.370 e. The molecule has 0 unspecified atom stereocenters. The highest BCUT2D eigenvalue weighted by Crippen LogP contribution is 2.12. The number of benzene rings is 1. The summed E-state index contributed by atoms with van der Waals surface area (Å²) in [6.45, 7) is 2.94. The highest BCUT2D eigenvalue weighted by atomic mass is 15.1. The van der Waals surface area contributed by atoms with Crippen LogP contribution in [-0.4, -0.2) is 37.9 Å². The average Bonchev–Trinajstić information content (AvgIpc) is 2.30. The molecular weight excluding hydrogens is 198 g/mol. The Balaban J connectivity index is 2.28. The molecule has 0 radical (unpaired) electrons. The number of hydrogen-bond donors (Lipinski definition) is 1. The first-order valence-corrected chi connectivity index (χ1v) is 5.78. The summed E-state index contributed by atoms with van der Waals surface area (Å²) in [5.41, 5.74) is 2.58. The molecule has 0 saturated carbocycles. The summed E-state index contributed by atoms with van der Waals surface area (Å²) >= 11 is 0. The van der Waals surface area contributed by atoms with Crippen molar-refractivity contribution in [3.8, 4) is 0 Å². The number of hydrogen-bond acceptors (Lipinski definition) is 3. The third-order valence-corrected chi connectivity index (χ3v) is 2.66. The summed E-state index contributed by atoms with van der Waals surface area (Å²) in [6.07, 6.45) is 1.14. The van der Waals surface area contributed by atoms with Crippen LogP contribution in [0.2, 0.25) is 0 Å². The minimum absolute atomic E-state index is 0.943. The zero-order valence-corrected chi connectivity index (χ0v) is 10.0. The van der Waals surface area contributed by atoms with Gasteiger partial charge >= 0.3 is 0 Å². The molecule has 0 spiro atoms. The van der Waals surface area contributed by atoms with Gasteiger partial charge in [0.15, 0.2) is 0 Å². The Morgan fingerprint density at radius 1 is 1.31 bits per heavy atom. The van der Waals surface area contributed by atoms with Gasteiger partial charge in [0, 0.05) is 25.2 Å². The van der Waals surface area contributed by atoms with Crippen molar-refractivity contribution in [2.24, 2.45) is 4.99 Å². The Bertz CT molecular complexity index is 383. The molecule has 0 aliphatic carbocycles. The molecule has 3 nitrogen and oxygen atoms in total. The van der Waals surface area contributed by atoms with E-state index in [4.69, 9.17) is 0 Å². The van der Waals surface area contributed by atoms with Gasteiger partial charge in [-0.2, -0.15) is 0 Å². The van der Waals surface area contributed by atoms with E-state index in [2.05, 4.69) is 53.6 Å². The van der Waals surface area contributed by atoms with Gasteiger partial charge in [0.25, 0.3) is 0 Å². The van der Waals surface area contributed by atoms with E-state index >= 15 is 0 Å². The molecule has 86 valence electrons. The summed E-state index contributed by atoms with van der Waals surface area (Å²) in [5.74, 6) is 1.06. The van der Waals surface area contributed by atoms with Gasteiger partial charge in [0.1, 0.15) is 5.84 Å². The Labute approximate surface area is 97.2 Å². The second kappa shape index (κ2) is 5.12. The molecule has 0 atom stereocenters. The molecular formula is C13H19N3. The Kier molecular flexibility index (Phi) is 3.57. The fraction of sp³-hybridized carbons (Fsp3) is 0.462. The second-order valence-electron chi connectivity index (χ2n) is 4.41. The van der Waals surface area contributed by atoms with Crippen LogP contribution in [-0.2, 0) is 6.54 Å². The Hall–Kier alpha value is -1.35. The van der Waals surface area contributed by atoms with E-state index in [0.717, 1.165) is 31.9 Å². The fourth-order valence-corrected chi connectivity index (χ4v) is 1.94. The van der Waals surface area contributed by atoms with Gasteiger partial charge in [-0.15, -0.1) is 0 Å². The van der Waals surface area contributed by atoms with Crippen molar-refractivity contribution >= 4 is 5.84 Å². The molecule has 1 heterocycles. The van der Waals surface area contributed by atoms with Crippen molar-refractivity contribution in [1.82, 2.24) is 10.2 Å². The van der Waals surface area contributed by atoms with E-state index in [9.17, 15) is 0 Å². The van der Waals surface area contributed by atoms with Crippen molar-refractivity contribution < 1.29 is 0 Å². The lowest BCUT2D eigenvalue weighted by molar-refractivity contribution is 0.402. The quantitative estimate of drug-likeness (QED) is 0.830. The number of aliphatic imine (C=N–C) groups is 1. The summed E-state index contributed by atoms with van der Waals surface area (Å²) in [7, 11) is 4.18. The van der Waals surface area contributed by atoms with Crippen LogP contribution < -0.4 is 5.32 Å². The smallest absolute Gasteiger partial charge is 0.128 e. The first-order valence-electron chi connectivity index (χ1n) is 5.78. The molecule has 1 aromatic rings. The van der Waals surface area contributed by atoms with Crippen LogP contribution in [0.25, 0.3) is 0 Å². The van der Waals surface area contributed by atoms with Crippen LogP contribution in [0.4, 0.5) is 0 Å². The monoisotopic (exact) mass is 217 g/mol.